The number of imidazole rings is 1. The van der Waals surface area contributed by atoms with E-state index in [0.29, 0.717) is 11.9 Å². The van der Waals surface area contributed by atoms with Gasteiger partial charge in [-0.3, -0.25) is 14.3 Å². The van der Waals surface area contributed by atoms with Gasteiger partial charge in [0.2, 0.25) is 11.3 Å². The van der Waals surface area contributed by atoms with E-state index >= 15 is 0 Å². The molecule has 0 aliphatic rings. The summed E-state index contributed by atoms with van der Waals surface area (Å²) in [5.41, 5.74) is 1.55. The summed E-state index contributed by atoms with van der Waals surface area (Å²) in [5.74, 6) is 0.642. The molecule has 1 amide bonds. The molecule has 29 heavy (non-hydrogen) atoms. The van der Waals surface area contributed by atoms with E-state index in [2.05, 4.69) is 15.4 Å². The minimum atomic E-state index is -0.345. The van der Waals surface area contributed by atoms with Crippen LogP contribution in [0.5, 0.6) is 0 Å². The van der Waals surface area contributed by atoms with Crippen molar-refractivity contribution in [2.45, 2.75) is 19.0 Å². The van der Waals surface area contributed by atoms with Crippen LogP contribution in [-0.2, 0) is 18.4 Å². The van der Waals surface area contributed by atoms with Crippen molar-refractivity contribution in [1.82, 2.24) is 24.6 Å². The first-order valence-electron chi connectivity index (χ1n) is 9.40. The van der Waals surface area contributed by atoms with Crippen LogP contribution in [-0.4, -0.2) is 25.2 Å². The molecule has 4 aromatic rings. The zero-order chi connectivity index (χ0) is 20.2. The molecule has 0 aliphatic carbocycles. The lowest BCUT2D eigenvalue weighted by molar-refractivity contribution is -0.121. The number of aryl methyl sites for hydroxylation is 2. The topological polar surface area (TPSA) is 81.8 Å². The lowest BCUT2D eigenvalue weighted by atomic mass is 10.1. The molecule has 7 heteroatoms. The van der Waals surface area contributed by atoms with Gasteiger partial charge < -0.3 is 9.88 Å². The van der Waals surface area contributed by atoms with Crippen LogP contribution in [0, 0.1) is 0 Å². The van der Waals surface area contributed by atoms with Gasteiger partial charge in [-0.1, -0.05) is 42.5 Å². The highest BCUT2D eigenvalue weighted by Gasteiger charge is 2.20. The molecule has 0 bridgehead atoms. The van der Waals surface area contributed by atoms with Crippen molar-refractivity contribution >= 4 is 16.8 Å². The van der Waals surface area contributed by atoms with E-state index in [1.54, 1.807) is 16.9 Å². The van der Waals surface area contributed by atoms with E-state index < -0.39 is 0 Å². The Kier molecular flexibility index (Phi) is 5.20. The molecule has 1 atom stereocenters. The average molecular weight is 387 g/mol. The van der Waals surface area contributed by atoms with Crippen LogP contribution in [0.15, 0.2) is 78.0 Å². The molecule has 0 saturated carbocycles. The number of hydrogen-bond donors (Lipinski definition) is 1. The van der Waals surface area contributed by atoms with Gasteiger partial charge in [-0.15, -0.1) is 0 Å². The Hall–Kier alpha value is -3.74. The second-order valence-corrected chi connectivity index (χ2v) is 6.81. The first-order valence-corrected chi connectivity index (χ1v) is 9.40. The molecule has 0 spiro atoms. The third kappa shape index (κ3) is 3.94. The fraction of sp³-hybridized carbons (Fsp3) is 0.182. The number of fused-ring (bicyclic) bond motifs is 1. The van der Waals surface area contributed by atoms with Crippen molar-refractivity contribution in [3.05, 3.63) is 94.8 Å². The zero-order valence-corrected chi connectivity index (χ0v) is 16.0. The van der Waals surface area contributed by atoms with Gasteiger partial charge in [0.25, 0.3) is 0 Å². The Morgan fingerprint density at radius 2 is 1.86 bits per heavy atom. The van der Waals surface area contributed by atoms with E-state index in [-0.39, 0.29) is 23.8 Å². The Labute approximate surface area is 167 Å². The molecular formula is C22H21N5O2. The maximum Gasteiger partial charge on any atom is 0.222 e. The highest BCUT2D eigenvalue weighted by molar-refractivity contribution is 5.79. The monoisotopic (exact) mass is 387 g/mol. The van der Waals surface area contributed by atoms with Crippen LogP contribution in [0.1, 0.15) is 23.9 Å². The summed E-state index contributed by atoms with van der Waals surface area (Å²) >= 11 is 0. The van der Waals surface area contributed by atoms with E-state index in [9.17, 15) is 9.59 Å². The van der Waals surface area contributed by atoms with Crippen LogP contribution >= 0.6 is 0 Å². The molecule has 2 aromatic carbocycles. The van der Waals surface area contributed by atoms with Gasteiger partial charge in [0.15, 0.2) is 0 Å². The van der Waals surface area contributed by atoms with Crippen molar-refractivity contribution < 1.29 is 4.79 Å². The first kappa shape index (κ1) is 18.6. The zero-order valence-electron chi connectivity index (χ0n) is 16.0. The Morgan fingerprint density at radius 3 is 2.62 bits per heavy atom. The van der Waals surface area contributed by atoms with Gasteiger partial charge in [0.1, 0.15) is 11.9 Å². The normalized spacial score (nSPS) is 12.0. The van der Waals surface area contributed by atoms with Gasteiger partial charge in [-0.25, -0.2) is 4.98 Å². The van der Waals surface area contributed by atoms with E-state index in [1.807, 2.05) is 66.3 Å². The third-order valence-electron chi connectivity index (χ3n) is 4.87. The molecule has 7 nitrogen and oxygen atoms in total. The largest absolute Gasteiger partial charge is 0.342 e. The molecule has 2 heterocycles. The number of nitrogens with zero attached hydrogens (tertiary/aromatic N) is 4. The van der Waals surface area contributed by atoms with Crippen LogP contribution in [0.4, 0.5) is 0 Å². The van der Waals surface area contributed by atoms with Crippen molar-refractivity contribution in [1.29, 1.82) is 0 Å². The van der Waals surface area contributed by atoms with Crippen LogP contribution in [0.2, 0.25) is 0 Å². The van der Waals surface area contributed by atoms with Crippen LogP contribution in [0.3, 0.4) is 0 Å². The number of benzene rings is 2. The maximum absolute atomic E-state index is 12.8. The molecule has 0 radical (unpaired) electrons. The predicted octanol–water partition coefficient (Wildman–Crippen LogP) is 2.43. The maximum atomic E-state index is 12.8. The molecule has 0 aliphatic heterocycles. The number of carbonyl (C=O) groups excluding carboxylic acids is 1. The van der Waals surface area contributed by atoms with E-state index in [0.717, 1.165) is 16.9 Å². The number of rotatable bonds is 6. The Bertz CT molecular complexity index is 1200. The molecule has 2 aromatic heterocycles. The van der Waals surface area contributed by atoms with Crippen molar-refractivity contribution in [2.75, 3.05) is 0 Å². The van der Waals surface area contributed by atoms with Crippen LogP contribution < -0.4 is 10.7 Å². The molecule has 146 valence electrons. The summed E-state index contributed by atoms with van der Waals surface area (Å²) in [6.45, 7) is 0.370. The van der Waals surface area contributed by atoms with Gasteiger partial charge in [0.05, 0.1) is 18.3 Å². The first-order chi connectivity index (χ1) is 14.1. The summed E-state index contributed by atoms with van der Waals surface area (Å²) in [4.78, 5) is 29.1. The van der Waals surface area contributed by atoms with Gasteiger partial charge >= 0.3 is 0 Å². The number of para-hydroxylation sites is 1. The van der Waals surface area contributed by atoms with E-state index in [1.165, 1.54) is 6.20 Å². The Morgan fingerprint density at radius 1 is 1.10 bits per heavy atom. The summed E-state index contributed by atoms with van der Waals surface area (Å²) in [7, 11) is 1.90. The average Bonchev–Trinajstić information content (AvgIpc) is 3.18. The number of amides is 1. The lowest BCUT2D eigenvalue weighted by Crippen LogP contribution is -2.31. The van der Waals surface area contributed by atoms with Crippen molar-refractivity contribution in [3.8, 4) is 0 Å². The van der Waals surface area contributed by atoms with Gasteiger partial charge in [-0.05, 0) is 17.7 Å². The number of nitrogens with one attached hydrogen (secondary N) is 1. The Balaban J connectivity index is 1.53. The van der Waals surface area contributed by atoms with Gasteiger partial charge in [-0.2, -0.15) is 5.10 Å². The summed E-state index contributed by atoms with van der Waals surface area (Å²) in [6, 6.07) is 16.7. The molecule has 0 saturated heterocycles. The number of aromatic nitrogens is 4. The van der Waals surface area contributed by atoms with E-state index in [4.69, 9.17) is 0 Å². The summed E-state index contributed by atoms with van der Waals surface area (Å²) in [5, 5.41) is 7.86. The molecule has 4 rings (SSSR count). The minimum absolute atomic E-state index is 0.119. The van der Waals surface area contributed by atoms with Crippen LogP contribution in [0.25, 0.3) is 10.9 Å². The SMILES string of the molecule is Cn1ccnc1C(NC(=O)CCn1ncc(=O)c2ccccc21)c1ccccc1. The molecule has 0 fully saturated rings. The van der Waals surface area contributed by atoms with Crippen molar-refractivity contribution in [2.24, 2.45) is 7.05 Å². The third-order valence-corrected chi connectivity index (χ3v) is 4.87. The quantitative estimate of drug-likeness (QED) is 0.551. The van der Waals surface area contributed by atoms with Crippen molar-refractivity contribution in [3.63, 3.8) is 0 Å². The number of hydrogen-bond acceptors (Lipinski definition) is 4. The lowest BCUT2D eigenvalue weighted by Gasteiger charge is -2.19. The molecule has 1 unspecified atom stereocenters. The second-order valence-electron chi connectivity index (χ2n) is 6.81. The fourth-order valence-corrected chi connectivity index (χ4v) is 3.38. The predicted molar refractivity (Wildman–Crippen MR) is 110 cm³/mol. The highest BCUT2D eigenvalue weighted by Crippen LogP contribution is 2.20. The molecular weight excluding hydrogens is 366 g/mol. The molecule has 1 N–H and O–H groups in total. The summed E-state index contributed by atoms with van der Waals surface area (Å²) < 4.78 is 3.59. The summed E-state index contributed by atoms with van der Waals surface area (Å²) in [6.07, 6.45) is 5.09. The number of carbonyl (C=O) groups is 1. The standard InChI is InChI=1S/C22H21N5O2/c1-26-14-12-23-22(26)21(16-7-3-2-4-8-16)25-20(29)11-13-27-18-10-6-5-9-17(18)19(28)15-24-27/h2-10,12,14-15,21H,11,13H2,1H3,(H,25,29). The second kappa shape index (κ2) is 8.10. The highest BCUT2D eigenvalue weighted by atomic mass is 16.1. The smallest absolute Gasteiger partial charge is 0.222 e. The fourth-order valence-electron chi connectivity index (χ4n) is 3.38. The van der Waals surface area contributed by atoms with Gasteiger partial charge in [0, 0.05) is 31.2 Å². The minimum Gasteiger partial charge on any atom is -0.342 e.